The predicted molar refractivity (Wildman–Crippen MR) is 237 cm³/mol. The summed E-state index contributed by atoms with van der Waals surface area (Å²) >= 11 is 0. The molecular formula is C49H74N2O12. The van der Waals surface area contributed by atoms with Gasteiger partial charge >= 0.3 is 5.97 Å². The van der Waals surface area contributed by atoms with Crippen LogP contribution >= 0.6 is 0 Å². The number of aliphatic hydroxyl groups excluding tert-OH is 2. The SMILES string of the molecule is C=N/C(=C\C=C/C)CCC[C@@H]1/C=C(\C)C[C@H](C)C[C@H](OC)[C@H]2O[C@@](O)(C(=O)C(=O)N3CCCC4/C(=C\[C@@H]5CC[C@@H](O)[C@H](OC)C5)[C@@H](OC(=O)[C@H]43)[C@H](C)[C@@H](O)CC1=O)[C@H](C)C[C@@H]2OC. The van der Waals surface area contributed by atoms with Crippen LogP contribution < -0.4 is 0 Å². The number of rotatable bonds is 10. The van der Waals surface area contributed by atoms with Crippen molar-refractivity contribution >= 4 is 30.2 Å². The van der Waals surface area contributed by atoms with E-state index in [0.29, 0.717) is 69.8 Å². The third-order valence-corrected chi connectivity index (χ3v) is 14.4. The molecule has 15 atom stereocenters. The number of ketones is 2. The van der Waals surface area contributed by atoms with Crippen molar-refractivity contribution in [2.45, 2.75) is 166 Å². The molecule has 14 heteroatoms. The lowest BCUT2D eigenvalue weighted by Gasteiger charge is -2.49. The number of amides is 1. The highest BCUT2D eigenvalue weighted by Gasteiger charge is 2.58. The van der Waals surface area contributed by atoms with Crippen LogP contribution in [0.5, 0.6) is 0 Å². The highest BCUT2D eigenvalue weighted by molar-refractivity contribution is 6.39. The van der Waals surface area contributed by atoms with Gasteiger partial charge in [-0.2, -0.15) is 0 Å². The normalized spacial score (nSPS) is 40.7. The molecule has 63 heavy (non-hydrogen) atoms. The van der Waals surface area contributed by atoms with Gasteiger partial charge in [-0.15, -0.1) is 0 Å². The summed E-state index contributed by atoms with van der Waals surface area (Å²) in [6, 6.07) is -1.18. The Balaban J connectivity index is 1.59. The number of ether oxygens (including phenoxy) is 5. The standard InChI is InChI=1S/C49H74N2O12/c1-10-11-15-34(50-6)16-12-14-33-22-28(2)21-29(3)23-41(60-8)45-42(61-9)24-30(4)49(58,63-45)46(55)47(56)51-20-13-17-35-36(25-32-18-19-37(52)40(26-32)59-7)44(62-48(57)43(35)51)31(5)38(53)27-39(33)54/h10-11,15,22,25,29-33,35,37-38,40-45,52-53,58H,6,12-14,16-21,23-24,26-27H2,1-5,7-9H3/b11-10-,28-22+,34-15-,36-25+/t29-,30+,31+,32-,33+,35?,37+,38-,40+,41-,42-,43-,44-,45+,49+/m0/s1. The number of carbonyl (C=O) groups excluding carboxylic acids is 4. The quantitative estimate of drug-likeness (QED) is 0.0810. The van der Waals surface area contributed by atoms with Crippen LogP contribution in [0.3, 0.4) is 0 Å². The van der Waals surface area contributed by atoms with E-state index >= 15 is 0 Å². The zero-order valence-electron chi connectivity index (χ0n) is 38.8. The van der Waals surface area contributed by atoms with Crippen molar-refractivity contribution in [1.29, 1.82) is 0 Å². The molecule has 352 valence electrons. The molecule has 1 saturated carbocycles. The summed E-state index contributed by atoms with van der Waals surface area (Å²) < 4.78 is 30.1. The van der Waals surface area contributed by atoms with E-state index in [2.05, 4.69) is 18.6 Å². The largest absolute Gasteiger partial charge is 0.456 e. The van der Waals surface area contributed by atoms with E-state index in [1.165, 1.54) is 19.1 Å². The summed E-state index contributed by atoms with van der Waals surface area (Å²) in [6.07, 6.45) is 9.85. The topological polar surface area (TPSA) is 191 Å². The molecule has 3 N–H and O–H groups in total. The molecular weight excluding hydrogens is 809 g/mol. The maximum atomic E-state index is 14.5. The van der Waals surface area contributed by atoms with E-state index in [4.69, 9.17) is 23.7 Å². The first-order valence-electron chi connectivity index (χ1n) is 23.1. The fourth-order valence-electron chi connectivity index (χ4n) is 10.8. The van der Waals surface area contributed by atoms with Crippen LogP contribution in [-0.4, -0.2) is 133 Å². The number of aliphatic imine (C=N–C) groups is 1. The molecule has 6 rings (SSSR count). The second-order valence-electron chi connectivity index (χ2n) is 18.9. The van der Waals surface area contributed by atoms with Crippen LogP contribution in [0.1, 0.15) is 112 Å². The van der Waals surface area contributed by atoms with Crippen LogP contribution in [0, 0.1) is 35.5 Å². The Morgan fingerprint density at radius 2 is 1.67 bits per heavy atom. The second kappa shape index (κ2) is 22.7. The zero-order valence-corrected chi connectivity index (χ0v) is 38.8. The van der Waals surface area contributed by atoms with Crippen molar-refractivity contribution in [3.05, 3.63) is 47.2 Å². The fourth-order valence-corrected chi connectivity index (χ4v) is 10.8. The zero-order chi connectivity index (χ0) is 46.2. The van der Waals surface area contributed by atoms with Gasteiger partial charge in [-0.25, -0.2) is 4.79 Å². The van der Waals surface area contributed by atoms with Crippen LogP contribution in [0.15, 0.2) is 52.2 Å². The molecule has 0 spiro atoms. The summed E-state index contributed by atoms with van der Waals surface area (Å²) in [4.78, 5) is 63.1. The van der Waals surface area contributed by atoms with Gasteiger partial charge in [0.1, 0.15) is 24.0 Å². The van der Waals surface area contributed by atoms with Crippen LogP contribution in [0.2, 0.25) is 0 Å². The molecule has 0 aromatic heterocycles. The summed E-state index contributed by atoms with van der Waals surface area (Å²) in [7, 11) is 4.63. The molecule has 6 bridgehead atoms. The van der Waals surface area contributed by atoms with Crippen LogP contribution in [0.25, 0.3) is 0 Å². The van der Waals surface area contributed by atoms with E-state index in [-0.39, 0.29) is 37.0 Å². The first-order chi connectivity index (χ1) is 30.0. The lowest BCUT2D eigenvalue weighted by molar-refractivity contribution is -0.302. The molecule has 0 aromatic rings. The number of hydrogen-bond acceptors (Lipinski definition) is 13. The summed E-state index contributed by atoms with van der Waals surface area (Å²) in [5, 5.41) is 34.8. The van der Waals surface area contributed by atoms with Crippen molar-refractivity contribution in [3.8, 4) is 0 Å². The van der Waals surface area contributed by atoms with Crippen molar-refractivity contribution in [2.24, 2.45) is 40.5 Å². The van der Waals surface area contributed by atoms with Crippen molar-refractivity contribution in [1.82, 2.24) is 4.90 Å². The average molecular weight is 883 g/mol. The van der Waals surface area contributed by atoms with Crippen molar-refractivity contribution in [2.75, 3.05) is 27.9 Å². The Morgan fingerprint density at radius 3 is 2.33 bits per heavy atom. The van der Waals surface area contributed by atoms with E-state index in [1.807, 2.05) is 44.2 Å². The Labute approximate surface area is 374 Å². The molecule has 5 aliphatic heterocycles. The van der Waals surface area contributed by atoms with E-state index in [0.717, 1.165) is 11.3 Å². The summed E-state index contributed by atoms with van der Waals surface area (Å²) in [6.45, 7) is 13.2. The van der Waals surface area contributed by atoms with Gasteiger partial charge in [0, 0.05) is 63.7 Å². The maximum Gasteiger partial charge on any atom is 0.330 e. The van der Waals surface area contributed by atoms with Gasteiger partial charge in [-0.3, -0.25) is 19.4 Å². The third-order valence-electron chi connectivity index (χ3n) is 14.4. The molecule has 0 radical (unpaired) electrons. The van der Waals surface area contributed by atoms with Gasteiger partial charge in [-0.1, -0.05) is 50.6 Å². The Kier molecular flexibility index (Phi) is 18.2. The maximum absolute atomic E-state index is 14.5. The fraction of sp³-hybridized carbons (Fsp3) is 0.735. The van der Waals surface area contributed by atoms with Crippen LogP contribution in [-0.2, 0) is 42.9 Å². The summed E-state index contributed by atoms with van der Waals surface area (Å²) in [5.74, 6) is -8.38. The molecule has 3 saturated heterocycles. The van der Waals surface area contributed by atoms with Crippen molar-refractivity contribution in [3.63, 3.8) is 0 Å². The second-order valence-corrected chi connectivity index (χ2v) is 18.9. The van der Waals surface area contributed by atoms with Gasteiger partial charge in [0.2, 0.25) is 5.79 Å². The average Bonchev–Trinajstić information content (AvgIpc) is 3.26. The number of esters is 1. The highest BCUT2D eigenvalue weighted by Crippen LogP contribution is 2.44. The Hall–Kier alpha value is -3.37. The number of piperidine rings is 1. The van der Waals surface area contributed by atoms with E-state index in [1.54, 1.807) is 21.0 Å². The minimum Gasteiger partial charge on any atom is -0.456 e. The first-order valence-corrected chi connectivity index (χ1v) is 23.1. The van der Waals surface area contributed by atoms with Crippen molar-refractivity contribution < 1.29 is 58.2 Å². The minimum absolute atomic E-state index is 0.00578. The number of carbonyl (C=O) groups is 4. The molecule has 5 heterocycles. The number of Topliss-reactive ketones (excluding diaryl/α,β-unsaturated/α-hetero) is 2. The minimum atomic E-state index is -2.54. The van der Waals surface area contributed by atoms with E-state index < -0.39 is 95.9 Å². The molecule has 1 aliphatic carbocycles. The number of aliphatic hydroxyl groups is 3. The highest BCUT2D eigenvalue weighted by atomic mass is 16.7. The van der Waals surface area contributed by atoms with Gasteiger partial charge in [0.05, 0.1) is 30.5 Å². The van der Waals surface area contributed by atoms with E-state index in [9.17, 15) is 34.5 Å². The molecule has 4 fully saturated rings. The molecule has 6 aliphatic rings. The lowest BCUT2D eigenvalue weighted by atomic mass is 9.72. The first kappa shape index (κ1) is 50.6. The van der Waals surface area contributed by atoms with Crippen LogP contribution in [0.4, 0.5) is 0 Å². The number of nitrogens with zero attached hydrogens (tertiary/aromatic N) is 2. The molecule has 0 aromatic carbocycles. The number of allylic oxidation sites excluding steroid dienone is 7. The van der Waals surface area contributed by atoms with Gasteiger partial charge in [0.15, 0.2) is 0 Å². The van der Waals surface area contributed by atoms with Gasteiger partial charge in [0.25, 0.3) is 11.7 Å². The Morgan fingerprint density at radius 1 is 0.968 bits per heavy atom. The molecule has 1 amide bonds. The number of methoxy groups -OCH3 is 3. The number of fused-ring (bicyclic) bond motifs is 11. The predicted octanol–water partition coefficient (Wildman–Crippen LogP) is 5.61. The monoisotopic (exact) mass is 883 g/mol. The number of hydrogen-bond donors (Lipinski definition) is 3. The summed E-state index contributed by atoms with van der Waals surface area (Å²) in [5.41, 5.74) is 2.49. The van der Waals surface area contributed by atoms with Gasteiger partial charge in [-0.05, 0) is 115 Å². The third kappa shape index (κ3) is 11.7. The molecule has 14 nitrogen and oxygen atoms in total. The lowest BCUT2D eigenvalue weighted by Crippen LogP contribution is -2.66. The Bertz CT molecular complexity index is 1760. The smallest absolute Gasteiger partial charge is 0.330 e. The molecule has 1 unspecified atom stereocenters. The van der Waals surface area contributed by atoms with Gasteiger partial charge < -0.3 is 43.9 Å².